The summed E-state index contributed by atoms with van der Waals surface area (Å²) in [6, 6.07) is 12.9. The zero-order valence-corrected chi connectivity index (χ0v) is 28.9. The molecule has 49 heavy (non-hydrogen) atoms. The fourth-order valence-corrected chi connectivity index (χ4v) is 7.88. The zero-order valence-electron chi connectivity index (χ0n) is 28.1. The van der Waals surface area contributed by atoms with Crippen molar-refractivity contribution in [1.82, 2.24) is 29.5 Å². The van der Waals surface area contributed by atoms with E-state index < -0.39 is 5.41 Å². The first-order chi connectivity index (χ1) is 23.6. The number of aryl methyl sites for hydroxylation is 1. The van der Waals surface area contributed by atoms with Crippen molar-refractivity contribution < 1.29 is 14.3 Å². The molecule has 2 amide bonds. The molecule has 3 aliphatic rings. The lowest BCUT2D eigenvalue weighted by Gasteiger charge is -2.28. The lowest BCUT2D eigenvalue weighted by molar-refractivity contribution is -0.132. The predicted octanol–water partition coefficient (Wildman–Crippen LogP) is 4.47. The second-order valence-electron chi connectivity index (χ2n) is 13.4. The molecule has 13 heteroatoms. The standard InChI is InChI=1S/C36H41N9O3S/c1-23(2)48-27-7-4-24(5-8-27)32(38)28-18-26(6-9-29(28)37)45-17-13-36(35(45)47)12-16-43(21-36)20-31(46)44-14-10-25(11-15-44)34-39-19-30(49-34)33-40-22-42(3)41-33/h4-10,18-19,22-23,38H,11-17,20-21,37H2,1-3H3/t36-/m0/s1. The van der Waals surface area contributed by atoms with Crippen LogP contribution in [0.1, 0.15) is 49.2 Å². The fraction of sp³-hybridized carbons (Fsp3) is 0.389. The Hall–Kier alpha value is -4.88. The van der Waals surface area contributed by atoms with Crippen LogP contribution in [-0.2, 0) is 16.6 Å². The van der Waals surface area contributed by atoms with Gasteiger partial charge in [-0.05, 0) is 87.7 Å². The van der Waals surface area contributed by atoms with Crippen molar-refractivity contribution in [2.75, 3.05) is 49.9 Å². The Bertz CT molecular complexity index is 1930. The Balaban J connectivity index is 0.958. The highest BCUT2D eigenvalue weighted by atomic mass is 32.1. The number of nitrogens with zero attached hydrogens (tertiary/aromatic N) is 7. The van der Waals surface area contributed by atoms with Crippen LogP contribution in [0.2, 0.25) is 0 Å². The zero-order chi connectivity index (χ0) is 34.3. The number of hydrogen-bond acceptors (Lipinski definition) is 10. The van der Waals surface area contributed by atoms with Gasteiger partial charge in [-0.25, -0.2) is 9.97 Å². The van der Waals surface area contributed by atoms with E-state index in [9.17, 15) is 9.59 Å². The average molecular weight is 680 g/mol. The van der Waals surface area contributed by atoms with Crippen LogP contribution in [0.25, 0.3) is 16.3 Å². The Kier molecular flexibility index (Phi) is 8.80. The van der Waals surface area contributed by atoms with E-state index >= 15 is 0 Å². The van der Waals surface area contributed by atoms with Gasteiger partial charge in [-0.2, -0.15) is 5.10 Å². The first kappa shape index (κ1) is 32.7. The van der Waals surface area contributed by atoms with Crippen molar-refractivity contribution in [2.24, 2.45) is 12.5 Å². The highest BCUT2D eigenvalue weighted by Gasteiger charge is 2.51. The molecule has 2 saturated heterocycles. The molecule has 7 rings (SSSR count). The third-order valence-corrected chi connectivity index (χ3v) is 10.7. The number of anilines is 2. The third kappa shape index (κ3) is 6.60. The summed E-state index contributed by atoms with van der Waals surface area (Å²) in [5.74, 6) is 1.57. The molecule has 3 aliphatic heterocycles. The number of likely N-dealkylation sites (tertiary alicyclic amines) is 1. The molecular formula is C36H41N9O3S. The minimum absolute atomic E-state index is 0.0634. The van der Waals surface area contributed by atoms with Gasteiger partial charge in [0.15, 0.2) is 5.82 Å². The highest BCUT2D eigenvalue weighted by molar-refractivity contribution is 7.16. The monoisotopic (exact) mass is 679 g/mol. The maximum Gasteiger partial charge on any atom is 0.237 e. The first-order valence-corrected chi connectivity index (χ1v) is 17.5. The number of hydrogen-bond donors (Lipinski definition) is 2. The first-order valence-electron chi connectivity index (χ1n) is 16.7. The quantitative estimate of drug-likeness (QED) is 0.195. The van der Waals surface area contributed by atoms with Crippen LogP contribution in [0.15, 0.2) is 61.1 Å². The van der Waals surface area contributed by atoms with E-state index in [4.69, 9.17) is 15.9 Å². The Labute approximate surface area is 289 Å². The minimum Gasteiger partial charge on any atom is -0.491 e. The summed E-state index contributed by atoms with van der Waals surface area (Å²) in [5, 5.41) is 14.2. The van der Waals surface area contributed by atoms with Gasteiger partial charge in [0.1, 0.15) is 17.1 Å². The SMILES string of the molecule is CC(C)Oc1ccc(C(=N)c2cc(N3CC[C@]4(CCN(CC(=O)N5CC=C(c6ncc(-c7ncn(C)n7)s6)CC5)C4)C3=O)ccc2N)cc1. The van der Waals surface area contributed by atoms with Crippen molar-refractivity contribution in [1.29, 1.82) is 5.41 Å². The summed E-state index contributed by atoms with van der Waals surface area (Å²) in [5.41, 5.74) is 9.79. The molecule has 0 bridgehead atoms. The van der Waals surface area contributed by atoms with Gasteiger partial charge in [0, 0.05) is 61.9 Å². The molecule has 4 aromatic rings. The van der Waals surface area contributed by atoms with Gasteiger partial charge < -0.3 is 20.3 Å². The summed E-state index contributed by atoms with van der Waals surface area (Å²) >= 11 is 1.57. The molecule has 5 heterocycles. The smallest absolute Gasteiger partial charge is 0.237 e. The normalized spacial score (nSPS) is 19.7. The van der Waals surface area contributed by atoms with Gasteiger partial charge in [-0.15, -0.1) is 11.3 Å². The van der Waals surface area contributed by atoms with Crippen LogP contribution in [0.4, 0.5) is 11.4 Å². The van der Waals surface area contributed by atoms with E-state index in [1.54, 1.807) is 28.4 Å². The van der Waals surface area contributed by atoms with E-state index in [-0.39, 0.29) is 17.9 Å². The number of ether oxygens (including phenoxy) is 1. The number of aromatic nitrogens is 4. The Morgan fingerprint density at radius 1 is 1.10 bits per heavy atom. The molecule has 0 aliphatic carbocycles. The van der Waals surface area contributed by atoms with Gasteiger partial charge in [-0.3, -0.25) is 24.6 Å². The number of thiazole rings is 1. The molecule has 0 unspecified atom stereocenters. The molecular weight excluding hydrogens is 639 g/mol. The second-order valence-corrected chi connectivity index (χ2v) is 14.4. The van der Waals surface area contributed by atoms with Crippen LogP contribution in [0.5, 0.6) is 5.75 Å². The van der Waals surface area contributed by atoms with Gasteiger partial charge in [-0.1, -0.05) is 6.08 Å². The van der Waals surface area contributed by atoms with Crippen molar-refractivity contribution in [3.05, 3.63) is 77.2 Å². The predicted molar refractivity (Wildman–Crippen MR) is 191 cm³/mol. The third-order valence-electron chi connectivity index (χ3n) is 9.60. The maximum atomic E-state index is 14.0. The van der Waals surface area contributed by atoms with Crippen LogP contribution < -0.4 is 15.4 Å². The molecule has 2 fully saturated rings. The summed E-state index contributed by atoms with van der Waals surface area (Å²) in [6.45, 7) is 7.29. The van der Waals surface area contributed by atoms with E-state index in [1.807, 2.05) is 73.3 Å². The molecule has 1 spiro atoms. The number of benzene rings is 2. The molecule has 0 radical (unpaired) electrons. The van der Waals surface area contributed by atoms with Crippen LogP contribution in [0.3, 0.4) is 0 Å². The highest BCUT2D eigenvalue weighted by Crippen LogP contribution is 2.43. The van der Waals surface area contributed by atoms with Crippen molar-refractivity contribution >= 4 is 45.8 Å². The molecule has 12 nitrogen and oxygen atoms in total. The summed E-state index contributed by atoms with van der Waals surface area (Å²) in [4.78, 5) is 43.0. The molecule has 1 atom stereocenters. The second kappa shape index (κ2) is 13.2. The summed E-state index contributed by atoms with van der Waals surface area (Å²) in [7, 11) is 1.84. The van der Waals surface area contributed by atoms with Crippen LogP contribution in [0, 0.1) is 10.8 Å². The largest absolute Gasteiger partial charge is 0.491 e. The summed E-state index contributed by atoms with van der Waals surface area (Å²) in [6.07, 6.45) is 7.83. The minimum atomic E-state index is -0.512. The summed E-state index contributed by atoms with van der Waals surface area (Å²) < 4.78 is 7.42. The Morgan fingerprint density at radius 3 is 2.61 bits per heavy atom. The van der Waals surface area contributed by atoms with Crippen LogP contribution in [-0.4, -0.2) is 92.4 Å². The number of carbonyl (C=O) groups is 2. The van der Waals surface area contributed by atoms with Gasteiger partial charge in [0.05, 0.1) is 28.7 Å². The fourth-order valence-electron chi connectivity index (χ4n) is 6.95. The number of carbonyl (C=O) groups excluding carboxylic acids is 2. The van der Waals surface area contributed by atoms with Crippen molar-refractivity contribution in [3.8, 4) is 16.5 Å². The molecule has 254 valence electrons. The Morgan fingerprint density at radius 2 is 1.90 bits per heavy atom. The molecule has 0 saturated carbocycles. The number of nitrogens with two attached hydrogens (primary N) is 1. The van der Waals surface area contributed by atoms with E-state index in [1.165, 1.54) is 0 Å². The van der Waals surface area contributed by atoms with E-state index in [0.717, 1.165) is 51.7 Å². The number of amides is 2. The van der Waals surface area contributed by atoms with Gasteiger partial charge >= 0.3 is 0 Å². The van der Waals surface area contributed by atoms with E-state index in [0.29, 0.717) is 62.1 Å². The number of nitrogen functional groups attached to an aromatic ring is 1. The average Bonchev–Trinajstić information content (AvgIpc) is 3.90. The van der Waals surface area contributed by atoms with Gasteiger partial charge in [0.25, 0.3) is 0 Å². The van der Waals surface area contributed by atoms with Gasteiger partial charge in [0.2, 0.25) is 11.8 Å². The molecule has 2 aromatic carbocycles. The van der Waals surface area contributed by atoms with Crippen molar-refractivity contribution in [2.45, 2.75) is 39.2 Å². The van der Waals surface area contributed by atoms with E-state index in [2.05, 4.69) is 26.0 Å². The number of nitrogens with one attached hydrogen (secondary N) is 1. The lowest BCUT2D eigenvalue weighted by Crippen LogP contribution is -2.43. The van der Waals surface area contributed by atoms with Crippen LogP contribution >= 0.6 is 11.3 Å². The molecule has 2 aromatic heterocycles. The topological polar surface area (TPSA) is 147 Å². The lowest BCUT2D eigenvalue weighted by atomic mass is 9.85. The maximum absolute atomic E-state index is 14.0. The van der Waals surface area contributed by atoms with Crippen molar-refractivity contribution in [3.63, 3.8) is 0 Å². The molecule has 3 N–H and O–H groups in total. The number of rotatable bonds is 9.